The molecule has 0 aliphatic heterocycles. The summed E-state index contributed by atoms with van der Waals surface area (Å²) >= 11 is 3.28. The summed E-state index contributed by atoms with van der Waals surface area (Å²) in [4.78, 5) is 19.2. The van der Waals surface area contributed by atoms with Gasteiger partial charge < -0.3 is 4.98 Å². The van der Waals surface area contributed by atoms with Crippen molar-refractivity contribution in [2.24, 2.45) is 5.10 Å². The number of aryl methyl sites for hydroxylation is 1. The first kappa shape index (κ1) is 14.5. The van der Waals surface area contributed by atoms with E-state index >= 15 is 0 Å². The van der Waals surface area contributed by atoms with E-state index in [-0.39, 0.29) is 5.91 Å². The van der Waals surface area contributed by atoms with E-state index in [0.717, 1.165) is 26.6 Å². The number of nitrogens with zero attached hydrogens (tertiary/aromatic N) is 2. The van der Waals surface area contributed by atoms with E-state index in [1.807, 2.05) is 31.2 Å². The van der Waals surface area contributed by atoms with Gasteiger partial charge in [0.1, 0.15) is 0 Å². The largest absolute Gasteiger partial charge is 0.358 e. The Morgan fingerprint density at radius 3 is 3.00 bits per heavy atom. The molecular formula is C16H13BrN4O. The lowest BCUT2D eigenvalue weighted by molar-refractivity contribution is 0.0954. The number of aromatic nitrogens is 2. The number of H-pyrrole nitrogens is 1. The number of fused-ring (bicyclic) bond motifs is 1. The molecule has 0 aliphatic carbocycles. The van der Waals surface area contributed by atoms with Gasteiger partial charge in [-0.1, -0.05) is 18.2 Å². The fraction of sp³-hybridized carbons (Fsp3) is 0.0625. The van der Waals surface area contributed by atoms with Crippen LogP contribution in [0.5, 0.6) is 0 Å². The summed E-state index contributed by atoms with van der Waals surface area (Å²) < 4.78 is 0.747. The van der Waals surface area contributed by atoms with Gasteiger partial charge in [-0.2, -0.15) is 5.10 Å². The van der Waals surface area contributed by atoms with E-state index in [9.17, 15) is 4.79 Å². The molecule has 2 heterocycles. The standard InChI is InChI=1S/C16H13BrN4O/c1-10-14(13-4-2-3-5-15(13)20-10)9-19-21-16(22)11-6-12(17)8-18-7-11/h2-9,20H,1H3,(H,21,22). The molecule has 0 radical (unpaired) electrons. The maximum Gasteiger partial charge on any atom is 0.272 e. The highest BCUT2D eigenvalue weighted by Crippen LogP contribution is 2.19. The van der Waals surface area contributed by atoms with Gasteiger partial charge in [0, 0.05) is 39.0 Å². The highest BCUT2D eigenvalue weighted by molar-refractivity contribution is 9.10. The molecule has 0 saturated heterocycles. The van der Waals surface area contributed by atoms with Gasteiger partial charge in [0.25, 0.3) is 5.91 Å². The quantitative estimate of drug-likeness (QED) is 0.557. The van der Waals surface area contributed by atoms with Crippen molar-refractivity contribution in [3.8, 4) is 0 Å². The first-order chi connectivity index (χ1) is 10.6. The van der Waals surface area contributed by atoms with Crippen molar-refractivity contribution >= 4 is 39.0 Å². The lowest BCUT2D eigenvalue weighted by Crippen LogP contribution is -2.17. The van der Waals surface area contributed by atoms with Gasteiger partial charge in [0.15, 0.2) is 0 Å². The summed E-state index contributed by atoms with van der Waals surface area (Å²) in [5, 5.41) is 5.11. The van der Waals surface area contributed by atoms with Crippen molar-refractivity contribution < 1.29 is 4.79 Å². The molecule has 0 saturated carbocycles. The Kier molecular flexibility index (Phi) is 4.02. The average molecular weight is 357 g/mol. The molecule has 0 unspecified atom stereocenters. The molecule has 0 aliphatic rings. The fourth-order valence-corrected chi connectivity index (χ4v) is 2.59. The van der Waals surface area contributed by atoms with Gasteiger partial charge in [-0.05, 0) is 35.0 Å². The number of hydrazone groups is 1. The SMILES string of the molecule is Cc1[nH]c2ccccc2c1C=NNC(=O)c1cncc(Br)c1. The number of rotatable bonds is 3. The van der Waals surface area contributed by atoms with E-state index in [1.165, 1.54) is 6.20 Å². The summed E-state index contributed by atoms with van der Waals surface area (Å²) in [7, 11) is 0. The van der Waals surface area contributed by atoms with Crippen LogP contribution in [0.1, 0.15) is 21.6 Å². The molecule has 3 rings (SSSR count). The molecular weight excluding hydrogens is 344 g/mol. The Morgan fingerprint density at radius 1 is 1.36 bits per heavy atom. The summed E-state index contributed by atoms with van der Waals surface area (Å²) in [6.07, 6.45) is 4.76. The Bertz CT molecular complexity index is 869. The average Bonchev–Trinajstić information content (AvgIpc) is 2.83. The smallest absolute Gasteiger partial charge is 0.272 e. The highest BCUT2D eigenvalue weighted by atomic mass is 79.9. The van der Waals surface area contributed by atoms with Crippen molar-refractivity contribution in [3.63, 3.8) is 0 Å². The summed E-state index contributed by atoms with van der Waals surface area (Å²) in [6, 6.07) is 9.65. The van der Waals surface area contributed by atoms with Crippen LogP contribution >= 0.6 is 15.9 Å². The molecule has 3 aromatic rings. The number of nitrogens with one attached hydrogen (secondary N) is 2. The molecule has 0 spiro atoms. The van der Waals surface area contributed by atoms with Crippen molar-refractivity contribution in [3.05, 3.63) is 64.0 Å². The van der Waals surface area contributed by atoms with Crippen LogP contribution in [0, 0.1) is 6.92 Å². The van der Waals surface area contributed by atoms with Crippen LogP contribution in [0.25, 0.3) is 10.9 Å². The molecule has 1 amide bonds. The number of carbonyl (C=O) groups excluding carboxylic acids is 1. The molecule has 1 aromatic carbocycles. The zero-order chi connectivity index (χ0) is 15.5. The number of para-hydroxylation sites is 1. The van der Waals surface area contributed by atoms with Crippen molar-refractivity contribution in [2.75, 3.05) is 0 Å². The Hall–Kier alpha value is -2.47. The monoisotopic (exact) mass is 356 g/mol. The molecule has 0 fully saturated rings. The second kappa shape index (κ2) is 6.11. The van der Waals surface area contributed by atoms with E-state index < -0.39 is 0 Å². The number of hydrogen-bond acceptors (Lipinski definition) is 3. The Labute approximate surface area is 135 Å². The second-order valence-corrected chi connectivity index (χ2v) is 5.72. The predicted octanol–water partition coefficient (Wildman–Crippen LogP) is 3.40. The van der Waals surface area contributed by atoms with Gasteiger partial charge in [0.05, 0.1) is 11.8 Å². The Morgan fingerprint density at radius 2 is 2.18 bits per heavy atom. The number of hydrogen-bond donors (Lipinski definition) is 2. The van der Waals surface area contributed by atoms with Crippen LogP contribution < -0.4 is 5.43 Å². The van der Waals surface area contributed by atoms with Gasteiger partial charge in [0.2, 0.25) is 0 Å². The number of benzene rings is 1. The predicted molar refractivity (Wildman–Crippen MR) is 90.0 cm³/mol. The molecule has 2 N–H and O–H groups in total. The van der Waals surface area contributed by atoms with Gasteiger partial charge in [-0.15, -0.1) is 0 Å². The molecule has 22 heavy (non-hydrogen) atoms. The number of aromatic amines is 1. The molecule has 0 bridgehead atoms. The minimum Gasteiger partial charge on any atom is -0.358 e. The zero-order valence-corrected chi connectivity index (χ0v) is 13.4. The first-order valence-corrected chi connectivity index (χ1v) is 7.46. The maximum absolute atomic E-state index is 12.0. The molecule has 110 valence electrons. The Balaban J connectivity index is 1.79. The molecule has 2 aromatic heterocycles. The second-order valence-electron chi connectivity index (χ2n) is 4.80. The first-order valence-electron chi connectivity index (χ1n) is 6.66. The summed E-state index contributed by atoms with van der Waals surface area (Å²) in [6.45, 7) is 1.97. The van der Waals surface area contributed by atoms with Crippen LogP contribution in [0.3, 0.4) is 0 Å². The third-order valence-electron chi connectivity index (χ3n) is 3.27. The number of amides is 1. The summed E-state index contributed by atoms with van der Waals surface area (Å²) in [5.41, 5.74) is 5.97. The third kappa shape index (κ3) is 2.92. The van der Waals surface area contributed by atoms with Crippen LogP contribution in [0.4, 0.5) is 0 Å². The number of pyridine rings is 1. The molecule has 0 atom stereocenters. The summed E-state index contributed by atoms with van der Waals surface area (Å²) in [5.74, 6) is -0.303. The minimum atomic E-state index is -0.303. The molecule has 6 heteroatoms. The number of halogens is 1. The van der Waals surface area contributed by atoms with Crippen LogP contribution in [0.2, 0.25) is 0 Å². The third-order valence-corrected chi connectivity index (χ3v) is 3.70. The van der Waals surface area contributed by atoms with E-state index in [2.05, 4.69) is 36.4 Å². The van der Waals surface area contributed by atoms with Crippen LogP contribution in [-0.4, -0.2) is 22.1 Å². The van der Waals surface area contributed by atoms with Gasteiger partial charge in [-0.3, -0.25) is 9.78 Å². The topological polar surface area (TPSA) is 70.1 Å². The van der Waals surface area contributed by atoms with Crippen LogP contribution in [0.15, 0.2) is 52.3 Å². The molecule has 5 nitrogen and oxygen atoms in total. The van der Waals surface area contributed by atoms with Gasteiger partial charge in [-0.25, -0.2) is 5.43 Å². The lowest BCUT2D eigenvalue weighted by Gasteiger charge is -1.99. The van der Waals surface area contributed by atoms with E-state index in [0.29, 0.717) is 5.56 Å². The number of carbonyl (C=O) groups is 1. The van der Waals surface area contributed by atoms with E-state index in [4.69, 9.17) is 0 Å². The fourth-order valence-electron chi connectivity index (χ4n) is 2.22. The van der Waals surface area contributed by atoms with Crippen molar-refractivity contribution in [2.45, 2.75) is 6.92 Å². The normalized spacial score (nSPS) is 11.2. The van der Waals surface area contributed by atoms with Crippen molar-refractivity contribution in [1.29, 1.82) is 0 Å². The highest BCUT2D eigenvalue weighted by Gasteiger charge is 2.07. The maximum atomic E-state index is 12.0. The minimum absolute atomic E-state index is 0.303. The van der Waals surface area contributed by atoms with E-state index in [1.54, 1.807) is 18.5 Å². The van der Waals surface area contributed by atoms with Crippen molar-refractivity contribution in [1.82, 2.24) is 15.4 Å². The lowest BCUT2D eigenvalue weighted by atomic mass is 10.1. The van der Waals surface area contributed by atoms with Crippen LogP contribution in [-0.2, 0) is 0 Å². The van der Waals surface area contributed by atoms with Gasteiger partial charge >= 0.3 is 0 Å². The zero-order valence-electron chi connectivity index (χ0n) is 11.8.